The highest BCUT2D eigenvalue weighted by Crippen LogP contribution is 2.15. The summed E-state index contributed by atoms with van der Waals surface area (Å²) in [6.07, 6.45) is -0.182. The first-order valence-corrected chi connectivity index (χ1v) is 6.19. The number of carbonyl (C=O) groups is 3. The van der Waals surface area contributed by atoms with Gasteiger partial charge in [-0.05, 0) is 11.6 Å². The molecule has 0 aliphatic rings. The van der Waals surface area contributed by atoms with E-state index in [0.717, 1.165) is 0 Å². The summed E-state index contributed by atoms with van der Waals surface area (Å²) in [7, 11) is 0. The van der Waals surface area contributed by atoms with Gasteiger partial charge in [0.2, 0.25) is 5.91 Å². The Kier molecular flexibility index (Phi) is 6.69. The van der Waals surface area contributed by atoms with Gasteiger partial charge in [0.05, 0.1) is 13.0 Å². The van der Waals surface area contributed by atoms with Gasteiger partial charge in [-0.3, -0.25) is 9.59 Å². The number of carbonyl (C=O) groups excluding carboxylic acids is 2. The lowest BCUT2D eigenvalue weighted by atomic mass is 10.1. The zero-order valence-corrected chi connectivity index (χ0v) is 11.3. The van der Waals surface area contributed by atoms with Gasteiger partial charge in [0, 0.05) is 12.2 Å². The van der Waals surface area contributed by atoms with Crippen LogP contribution < -0.4 is 16.4 Å². The van der Waals surface area contributed by atoms with Crippen molar-refractivity contribution in [3.8, 4) is 0 Å². The van der Waals surface area contributed by atoms with Crippen LogP contribution in [0.4, 0.5) is 10.5 Å². The van der Waals surface area contributed by atoms with Gasteiger partial charge in [-0.25, -0.2) is 4.79 Å². The van der Waals surface area contributed by atoms with E-state index in [1.54, 1.807) is 24.3 Å². The minimum absolute atomic E-state index is 0.146. The first-order valence-electron chi connectivity index (χ1n) is 6.19. The molecule has 21 heavy (non-hydrogen) atoms. The van der Waals surface area contributed by atoms with Crippen molar-refractivity contribution >= 4 is 23.6 Å². The number of primary amides is 1. The number of ether oxygens (including phenoxy) is 1. The minimum atomic E-state index is -0.982. The zero-order chi connectivity index (χ0) is 15.7. The second kappa shape index (κ2) is 8.54. The third-order valence-electron chi connectivity index (χ3n) is 2.38. The predicted molar refractivity (Wildman–Crippen MR) is 74.8 cm³/mol. The Balaban J connectivity index is 2.40. The Hall–Kier alpha value is -2.61. The number of nitrogens with one attached hydrogen (secondary N) is 2. The van der Waals surface area contributed by atoms with Gasteiger partial charge in [0.15, 0.2) is 0 Å². The summed E-state index contributed by atoms with van der Waals surface area (Å²) in [5.74, 6) is -1.56. The van der Waals surface area contributed by atoms with Crippen molar-refractivity contribution in [3.05, 3.63) is 29.8 Å². The van der Waals surface area contributed by atoms with Crippen LogP contribution in [0.5, 0.6) is 0 Å². The lowest BCUT2D eigenvalue weighted by molar-refractivity contribution is -0.136. The third-order valence-corrected chi connectivity index (χ3v) is 2.38. The van der Waals surface area contributed by atoms with Crippen LogP contribution in [-0.2, 0) is 20.7 Å². The van der Waals surface area contributed by atoms with Crippen molar-refractivity contribution in [1.82, 2.24) is 5.32 Å². The number of hydrogen-bond acceptors (Lipinski definition) is 4. The van der Waals surface area contributed by atoms with Crippen molar-refractivity contribution in [3.63, 3.8) is 0 Å². The molecule has 8 nitrogen and oxygen atoms in total. The molecule has 0 unspecified atom stereocenters. The number of amides is 3. The first-order chi connectivity index (χ1) is 9.99. The van der Waals surface area contributed by atoms with E-state index in [1.165, 1.54) is 0 Å². The van der Waals surface area contributed by atoms with E-state index in [0.29, 0.717) is 11.3 Å². The maximum Gasteiger partial charge on any atom is 0.319 e. The molecule has 0 saturated carbocycles. The first kappa shape index (κ1) is 16.4. The standard InChI is InChI=1S/C13H17N3O5/c14-11(17)8-21-6-5-15-13(20)16-10-4-2-1-3-9(10)7-12(18)19/h1-4H,5-8H2,(H2,14,17)(H,18,19)(H2,15,16,20). The Morgan fingerprint density at radius 3 is 2.62 bits per heavy atom. The van der Waals surface area contributed by atoms with Crippen LogP contribution in [0.15, 0.2) is 24.3 Å². The van der Waals surface area contributed by atoms with Crippen molar-refractivity contribution in [1.29, 1.82) is 0 Å². The Morgan fingerprint density at radius 1 is 1.24 bits per heavy atom. The van der Waals surface area contributed by atoms with E-state index in [2.05, 4.69) is 10.6 Å². The normalized spacial score (nSPS) is 9.90. The number of rotatable bonds is 8. The molecule has 1 rings (SSSR count). The molecule has 0 spiro atoms. The number of urea groups is 1. The van der Waals surface area contributed by atoms with Gasteiger partial charge in [-0.2, -0.15) is 0 Å². The highest BCUT2D eigenvalue weighted by Gasteiger charge is 2.08. The summed E-state index contributed by atoms with van der Waals surface area (Å²) >= 11 is 0. The largest absolute Gasteiger partial charge is 0.481 e. The fraction of sp³-hybridized carbons (Fsp3) is 0.308. The monoisotopic (exact) mass is 295 g/mol. The van der Waals surface area contributed by atoms with Crippen LogP contribution in [0, 0.1) is 0 Å². The predicted octanol–water partition coefficient (Wildman–Crippen LogP) is -0.0629. The molecule has 1 aromatic carbocycles. The van der Waals surface area contributed by atoms with E-state index < -0.39 is 17.9 Å². The van der Waals surface area contributed by atoms with Crippen molar-refractivity contribution in [2.24, 2.45) is 5.73 Å². The molecule has 0 fully saturated rings. The number of anilines is 1. The highest BCUT2D eigenvalue weighted by atomic mass is 16.5. The highest BCUT2D eigenvalue weighted by molar-refractivity contribution is 5.90. The summed E-state index contributed by atoms with van der Waals surface area (Å²) in [6.45, 7) is 0.137. The molecule has 1 aromatic rings. The van der Waals surface area contributed by atoms with E-state index in [1.807, 2.05) is 0 Å². The number of benzene rings is 1. The van der Waals surface area contributed by atoms with E-state index in [9.17, 15) is 14.4 Å². The molecule has 8 heteroatoms. The molecule has 0 bridgehead atoms. The second-order valence-corrected chi connectivity index (χ2v) is 4.13. The minimum Gasteiger partial charge on any atom is -0.481 e. The Morgan fingerprint density at radius 2 is 1.95 bits per heavy atom. The number of aliphatic carboxylic acids is 1. The fourth-order valence-electron chi connectivity index (χ4n) is 1.54. The van der Waals surface area contributed by atoms with Crippen LogP contribution >= 0.6 is 0 Å². The summed E-state index contributed by atoms with van der Waals surface area (Å²) in [4.78, 5) is 32.8. The summed E-state index contributed by atoms with van der Waals surface area (Å²) in [5.41, 5.74) is 5.81. The second-order valence-electron chi connectivity index (χ2n) is 4.13. The number of carboxylic acids is 1. The topological polar surface area (TPSA) is 131 Å². The number of carboxylic acid groups (broad SMARTS) is 1. The van der Waals surface area contributed by atoms with Crippen molar-refractivity contribution < 1.29 is 24.2 Å². The van der Waals surface area contributed by atoms with E-state index in [4.69, 9.17) is 15.6 Å². The molecule has 3 amide bonds. The maximum absolute atomic E-state index is 11.6. The average molecular weight is 295 g/mol. The zero-order valence-electron chi connectivity index (χ0n) is 11.3. The Labute approximate surface area is 121 Å². The third kappa shape index (κ3) is 6.92. The van der Waals surface area contributed by atoms with E-state index in [-0.39, 0.29) is 26.2 Å². The van der Waals surface area contributed by atoms with Gasteiger partial charge in [0.25, 0.3) is 0 Å². The lowest BCUT2D eigenvalue weighted by Gasteiger charge is -2.10. The number of nitrogens with two attached hydrogens (primary N) is 1. The molecule has 0 heterocycles. The number of hydrogen-bond donors (Lipinski definition) is 4. The van der Waals surface area contributed by atoms with Crippen LogP contribution in [0.1, 0.15) is 5.56 Å². The maximum atomic E-state index is 11.6. The van der Waals surface area contributed by atoms with E-state index >= 15 is 0 Å². The fourth-order valence-corrected chi connectivity index (χ4v) is 1.54. The van der Waals surface area contributed by atoms with Gasteiger partial charge < -0.3 is 26.2 Å². The average Bonchev–Trinajstić information content (AvgIpc) is 2.39. The van der Waals surface area contributed by atoms with Crippen LogP contribution in [0.2, 0.25) is 0 Å². The SMILES string of the molecule is NC(=O)COCCNC(=O)Nc1ccccc1CC(=O)O. The molecule has 0 saturated heterocycles. The molecule has 0 aromatic heterocycles. The van der Waals surface area contributed by atoms with Gasteiger partial charge >= 0.3 is 12.0 Å². The van der Waals surface area contributed by atoms with Crippen molar-refractivity contribution in [2.45, 2.75) is 6.42 Å². The molecule has 5 N–H and O–H groups in total. The van der Waals surface area contributed by atoms with Crippen molar-refractivity contribution in [2.75, 3.05) is 25.1 Å². The molecule has 0 aliphatic carbocycles. The van der Waals surface area contributed by atoms with Gasteiger partial charge in [0.1, 0.15) is 6.61 Å². The lowest BCUT2D eigenvalue weighted by Crippen LogP contribution is -2.32. The molecular weight excluding hydrogens is 278 g/mol. The molecule has 0 atom stereocenters. The smallest absolute Gasteiger partial charge is 0.319 e. The van der Waals surface area contributed by atoms with Gasteiger partial charge in [-0.1, -0.05) is 18.2 Å². The summed E-state index contributed by atoms with van der Waals surface area (Å²) in [6, 6.07) is 6.13. The quantitative estimate of drug-likeness (QED) is 0.499. The van der Waals surface area contributed by atoms with Crippen LogP contribution in [0.25, 0.3) is 0 Å². The molecule has 0 radical (unpaired) electrons. The number of para-hydroxylation sites is 1. The molecule has 114 valence electrons. The summed E-state index contributed by atoms with van der Waals surface area (Å²) < 4.78 is 4.88. The summed E-state index contributed by atoms with van der Waals surface area (Å²) in [5, 5.41) is 13.9. The Bertz CT molecular complexity index is 518. The molecule has 0 aliphatic heterocycles. The molecular formula is C13H17N3O5. The van der Waals surface area contributed by atoms with Crippen LogP contribution in [-0.4, -0.2) is 42.8 Å². The van der Waals surface area contributed by atoms with Crippen LogP contribution in [0.3, 0.4) is 0 Å². The van der Waals surface area contributed by atoms with Gasteiger partial charge in [-0.15, -0.1) is 0 Å².